The van der Waals surface area contributed by atoms with Gasteiger partial charge in [-0.05, 0) is 36.2 Å². The summed E-state index contributed by atoms with van der Waals surface area (Å²) in [5.41, 5.74) is 1.49. The Balaban J connectivity index is 1.31. The van der Waals surface area contributed by atoms with Gasteiger partial charge in [0.25, 0.3) is 5.56 Å². The summed E-state index contributed by atoms with van der Waals surface area (Å²) in [7, 11) is 0. The number of aromatic amines is 1. The molecule has 2 heterocycles. The molecule has 4 N–H and O–H groups in total. The minimum absolute atomic E-state index is 0.117. The van der Waals surface area contributed by atoms with E-state index >= 15 is 0 Å². The molecule has 0 saturated carbocycles. The number of quaternary nitrogens is 1. The second-order valence-corrected chi connectivity index (χ2v) is 7.89. The molecular formula is C21H24ClN4O2+. The fraction of sp³-hybridized carbons (Fsp3) is 0.333. The Morgan fingerprint density at radius 3 is 2.82 bits per heavy atom. The van der Waals surface area contributed by atoms with E-state index in [4.69, 9.17) is 11.6 Å². The summed E-state index contributed by atoms with van der Waals surface area (Å²) in [5, 5.41) is 14.6. The van der Waals surface area contributed by atoms with E-state index < -0.39 is 0 Å². The van der Waals surface area contributed by atoms with Crippen LogP contribution in [0.2, 0.25) is 5.02 Å². The predicted molar refractivity (Wildman–Crippen MR) is 111 cm³/mol. The first kappa shape index (κ1) is 18.8. The van der Waals surface area contributed by atoms with Gasteiger partial charge in [-0.2, -0.15) is 0 Å². The van der Waals surface area contributed by atoms with E-state index in [0.29, 0.717) is 33.5 Å². The SMILES string of the molecule is O=c1[nH]c(NCC2CC[NH+](Cc3cc(Cl)ccc3O)CC2)nc2ccccc12. The first-order chi connectivity index (χ1) is 13.6. The Bertz CT molecular complexity index is 1030. The third kappa shape index (κ3) is 4.29. The van der Waals surface area contributed by atoms with E-state index in [9.17, 15) is 9.90 Å². The number of aromatic hydroxyl groups is 1. The number of anilines is 1. The molecule has 6 nitrogen and oxygen atoms in total. The van der Waals surface area contributed by atoms with Crippen molar-refractivity contribution in [3.63, 3.8) is 0 Å². The van der Waals surface area contributed by atoms with Crippen LogP contribution >= 0.6 is 11.6 Å². The Morgan fingerprint density at radius 1 is 1.21 bits per heavy atom. The number of nitrogens with one attached hydrogen (secondary N) is 3. The van der Waals surface area contributed by atoms with Crippen molar-refractivity contribution in [3.05, 3.63) is 63.4 Å². The van der Waals surface area contributed by atoms with Crippen molar-refractivity contribution in [3.8, 4) is 5.75 Å². The highest BCUT2D eigenvalue weighted by Gasteiger charge is 2.23. The van der Waals surface area contributed by atoms with E-state index in [-0.39, 0.29) is 5.56 Å². The number of piperidine rings is 1. The Labute approximate surface area is 168 Å². The number of fused-ring (bicyclic) bond motifs is 1. The van der Waals surface area contributed by atoms with Gasteiger partial charge in [-0.3, -0.25) is 9.78 Å². The molecule has 1 aliphatic heterocycles. The van der Waals surface area contributed by atoms with Crippen molar-refractivity contribution >= 4 is 28.5 Å². The highest BCUT2D eigenvalue weighted by Crippen LogP contribution is 2.21. The van der Waals surface area contributed by atoms with Crippen LogP contribution in [0.5, 0.6) is 5.75 Å². The number of benzene rings is 2. The number of likely N-dealkylation sites (tertiary alicyclic amines) is 1. The third-order valence-electron chi connectivity index (χ3n) is 5.47. The van der Waals surface area contributed by atoms with Crippen LogP contribution in [0.15, 0.2) is 47.3 Å². The van der Waals surface area contributed by atoms with Crippen molar-refractivity contribution in [2.45, 2.75) is 19.4 Å². The fourth-order valence-corrected chi connectivity index (χ4v) is 4.04. The first-order valence-electron chi connectivity index (χ1n) is 9.62. The molecule has 4 rings (SSSR count). The molecule has 0 radical (unpaired) electrons. The zero-order chi connectivity index (χ0) is 19.5. The van der Waals surface area contributed by atoms with Gasteiger partial charge in [-0.15, -0.1) is 0 Å². The van der Waals surface area contributed by atoms with Crippen molar-refractivity contribution in [2.24, 2.45) is 5.92 Å². The van der Waals surface area contributed by atoms with Crippen LogP contribution in [0.1, 0.15) is 18.4 Å². The summed E-state index contributed by atoms with van der Waals surface area (Å²) in [6.45, 7) is 3.66. The summed E-state index contributed by atoms with van der Waals surface area (Å²) >= 11 is 6.04. The highest BCUT2D eigenvalue weighted by atomic mass is 35.5. The molecule has 1 aliphatic rings. The van der Waals surface area contributed by atoms with E-state index in [1.165, 1.54) is 4.90 Å². The molecule has 146 valence electrons. The maximum absolute atomic E-state index is 12.1. The molecular weight excluding hydrogens is 376 g/mol. The number of hydrogen-bond donors (Lipinski definition) is 4. The zero-order valence-corrected chi connectivity index (χ0v) is 16.3. The third-order valence-corrected chi connectivity index (χ3v) is 5.70. The number of halogens is 1. The van der Waals surface area contributed by atoms with Gasteiger partial charge >= 0.3 is 0 Å². The molecule has 3 aromatic rings. The molecule has 1 fully saturated rings. The van der Waals surface area contributed by atoms with Gasteiger partial charge in [0.15, 0.2) is 0 Å². The summed E-state index contributed by atoms with van der Waals surface area (Å²) in [6, 6.07) is 12.6. The first-order valence-corrected chi connectivity index (χ1v) is 10.00. The number of para-hydroxylation sites is 1. The summed E-state index contributed by atoms with van der Waals surface area (Å²) < 4.78 is 0. The lowest BCUT2D eigenvalue weighted by Crippen LogP contribution is -3.11. The average Bonchev–Trinajstić information content (AvgIpc) is 2.70. The topological polar surface area (TPSA) is 82.5 Å². The minimum Gasteiger partial charge on any atom is -0.507 e. The Kier molecular flexibility index (Phi) is 5.50. The Morgan fingerprint density at radius 2 is 2.00 bits per heavy atom. The zero-order valence-electron chi connectivity index (χ0n) is 15.5. The molecule has 0 spiro atoms. The largest absolute Gasteiger partial charge is 0.507 e. The van der Waals surface area contributed by atoms with E-state index in [0.717, 1.165) is 44.6 Å². The van der Waals surface area contributed by atoms with Gasteiger partial charge in [0.2, 0.25) is 5.95 Å². The second kappa shape index (κ2) is 8.20. The average molecular weight is 400 g/mol. The molecule has 0 atom stereocenters. The number of rotatable bonds is 5. The van der Waals surface area contributed by atoms with Crippen LogP contribution in [0.25, 0.3) is 10.9 Å². The monoisotopic (exact) mass is 399 g/mol. The number of H-pyrrole nitrogens is 1. The second-order valence-electron chi connectivity index (χ2n) is 7.46. The number of nitrogens with zero attached hydrogens (tertiary/aromatic N) is 1. The number of phenols is 1. The van der Waals surface area contributed by atoms with Crippen molar-refractivity contribution < 1.29 is 10.0 Å². The molecule has 0 aliphatic carbocycles. The number of hydrogen-bond acceptors (Lipinski definition) is 4. The van der Waals surface area contributed by atoms with E-state index in [1.807, 2.05) is 24.3 Å². The molecule has 0 amide bonds. The normalized spacial score (nSPS) is 19.6. The minimum atomic E-state index is -0.117. The van der Waals surface area contributed by atoms with Crippen LogP contribution in [0.4, 0.5) is 5.95 Å². The Hall–Kier alpha value is -2.57. The molecule has 2 aromatic carbocycles. The lowest BCUT2D eigenvalue weighted by Gasteiger charge is -2.29. The maximum atomic E-state index is 12.1. The smallest absolute Gasteiger partial charge is 0.260 e. The van der Waals surface area contributed by atoms with Crippen LogP contribution in [0, 0.1) is 5.92 Å². The standard InChI is InChI=1S/C21H23ClN4O2/c22-16-5-6-19(27)15(11-16)13-26-9-7-14(8-10-26)12-23-21-24-18-4-2-1-3-17(18)20(28)25-21/h1-6,11,14,27H,7-10,12-13H2,(H2,23,24,25,28)/p+1. The molecule has 1 saturated heterocycles. The lowest BCUT2D eigenvalue weighted by atomic mass is 9.96. The molecule has 7 heteroatoms. The van der Waals surface area contributed by atoms with E-state index in [1.54, 1.807) is 18.2 Å². The van der Waals surface area contributed by atoms with Crippen LogP contribution in [0.3, 0.4) is 0 Å². The molecule has 28 heavy (non-hydrogen) atoms. The van der Waals surface area contributed by atoms with Crippen LogP contribution in [-0.2, 0) is 6.54 Å². The van der Waals surface area contributed by atoms with Gasteiger partial charge in [0, 0.05) is 30.0 Å². The van der Waals surface area contributed by atoms with Crippen LogP contribution < -0.4 is 15.8 Å². The number of phenolic OH excluding ortho intramolecular Hbond substituents is 1. The summed E-state index contributed by atoms with van der Waals surface area (Å²) in [5.74, 6) is 1.38. The fourth-order valence-electron chi connectivity index (χ4n) is 3.84. The number of aromatic nitrogens is 2. The van der Waals surface area contributed by atoms with Gasteiger partial charge in [0.1, 0.15) is 12.3 Å². The van der Waals surface area contributed by atoms with Crippen molar-refractivity contribution in [1.29, 1.82) is 0 Å². The summed E-state index contributed by atoms with van der Waals surface area (Å²) in [6.07, 6.45) is 2.17. The predicted octanol–water partition coefficient (Wildman–Crippen LogP) is 2.19. The highest BCUT2D eigenvalue weighted by molar-refractivity contribution is 6.30. The molecule has 0 unspecified atom stereocenters. The summed E-state index contributed by atoms with van der Waals surface area (Å²) in [4.78, 5) is 20.9. The van der Waals surface area contributed by atoms with Gasteiger partial charge < -0.3 is 15.3 Å². The van der Waals surface area contributed by atoms with Gasteiger partial charge in [0.05, 0.1) is 24.0 Å². The quantitative estimate of drug-likeness (QED) is 0.530. The van der Waals surface area contributed by atoms with Crippen molar-refractivity contribution in [2.75, 3.05) is 25.0 Å². The maximum Gasteiger partial charge on any atom is 0.260 e. The lowest BCUT2D eigenvalue weighted by molar-refractivity contribution is -0.919. The van der Waals surface area contributed by atoms with Crippen molar-refractivity contribution in [1.82, 2.24) is 9.97 Å². The van der Waals surface area contributed by atoms with Gasteiger partial charge in [-0.25, -0.2) is 4.98 Å². The van der Waals surface area contributed by atoms with Gasteiger partial charge in [-0.1, -0.05) is 23.7 Å². The van der Waals surface area contributed by atoms with Crippen LogP contribution in [-0.4, -0.2) is 34.7 Å². The molecule has 1 aromatic heterocycles. The van der Waals surface area contributed by atoms with E-state index in [2.05, 4.69) is 15.3 Å². The molecule has 0 bridgehead atoms.